The van der Waals surface area contributed by atoms with Gasteiger partial charge < -0.3 is 9.64 Å². The third-order valence-corrected chi connectivity index (χ3v) is 8.83. The number of rotatable bonds is 6. The van der Waals surface area contributed by atoms with E-state index >= 15 is 0 Å². The van der Waals surface area contributed by atoms with Gasteiger partial charge in [0.2, 0.25) is 10.0 Å². The maximum atomic E-state index is 12.7. The number of sulfonamides is 1. The second-order valence-electron chi connectivity index (χ2n) is 9.28. The first-order valence-corrected chi connectivity index (χ1v) is 13.0. The Morgan fingerprint density at radius 3 is 2.38 bits per heavy atom. The van der Waals surface area contributed by atoms with Crippen LogP contribution >= 0.6 is 0 Å². The lowest BCUT2D eigenvalue weighted by Crippen LogP contribution is -2.47. The van der Waals surface area contributed by atoms with Crippen molar-refractivity contribution in [2.24, 2.45) is 5.41 Å². The van der Waals surface area contributed by atoms with Crippen molar-refractivity contribution in [1.82, 2.24) is 9.21 Å². The van der Waals surface area contributed by atoms with Crippen LogP contribution in [0.2, 0.25) is 0 Å². The molecule has 1 aromatic carbocycles. The highest BCUT2D eigenvalue weighted by Crippen LogP contribution is 2.44. The number of benzene rings is 1. The highest BCUT2D eigenvalue weighted by atomic mass is 32.2. The number of piperidine rings is 1. The van der Waals surface area contributed by atoms with E-state index in [4.69, 9.17) is 10.00 Å². The molecule has 9 heteroatoms. The minimum Gasteiger partial charge on any atom is -0.462 e. The number of piperazine rings is 1. The van der Waals surface area contributed by atoms with E-state index in [1.54, 1.807) is 6.07 Å². The molecule has 3 fully saturated rings. The first-order valence-electron chi connectivity index (χ1n) is 11.4. The topological polar surface area (TPSA) is 94.0 Å². The molecule has 8 nitrogen and oxygen atoms in total. The van der Waals surface area contributed by atoms with Crippen LogP contribution in [0.1, 0.15) is 31.2 Å². The maximum Gasteiger partial charge on any atom is 0.312 e. The Balaban J connectivity index is 1.23. The van der Waals surface area contributed by atoms with Crippen LogP contribution < -0.4 is 4.90 Å². The monoisotopic (exact) mass is 460 g/mol. The second-order valence-corrected chi connectivity index (χ2v) is 11.2. The van der Waals surface area contributed by atoms with E-state index in [-0.39, 0.29) is 25.2 Å². The van der Waals surface area contributed by atoms with Crippen LogP contribution in [0.3, 0.4) is 0 Å². The van der Waals surface area contributed by atoms with Gasteiger partial charge in [0.15, 0.2) is 5.75 Å². The van der Waals surface area contributed by atoms with E-state index in [0.717, 1.165) is 39.1 Å². The zero-order valence-corrected chi connectivity index (χ0v) is 19.5. The van der Waals surface area contributed by atoms with Gasteiger partial charge in [0.1, 0.15) is 6.10 Å². The molecule has 4 rings (SSSR count). The van der Waals surface area contributed by atoms with E-state index in [1.165, 1.54) is 15.6 Å². The third-order valence-electron chi connectivity index (χ3n) is 7.18. The first-order chi connectivity index (χ1) is 15.3. The largest absolute Gasteiger partial charge is 0.462 e. The number of aryl methyl sites for hydroxylation is 1. The molecule has 3 heterocycles. The lowest BCUT2D eigenvalue weighted by molar-refractivity contribution is -0.150. The van der Waals surface area contributed by atoms with Crippen LogP contribution in [0, 0.1) is 23.7 Å². The normalized spacial score (nSPS) is 24.4. The van der Waals surface area contributed by atoms with Gasteiger partial charge in [-0.2, -0.15) is 5.26 Å². The smallest absolute Gasteiger partial charge is 0.312 e. The summed E-state index contributed by atoms with van der Waals surface area (Å²) in [7, 11) is -3.55. The van der Waals surface area contributed by atoms with Gasteiger partial charge >= 0.3 is 5.97 Å². The van der Waals surface area contributed by atoms with Gasteiger partial charge in [-0.1, -0.05) is 17.7 Å². The SMILES string of the molecule is Cc1ccc(N2CCN(CC[C@@H]3CC4(CCN(S(=O)(=O)CC#N)CC4)C(=O)O3)CC2)cc1. The number of carbonyl (C=O) groups excluding carboxylic acids is 1. The minimum absolute atomic E-state index is 0.0973. The molecule has 0 amide bonds. The number of carbonyl (C=O) groups is 1. The highest BCUT2D eigenvalue weighted by Gasteiger charge is 2.51. The fourth-order valence-electron chi connectivity index (χ4n) is 5.08. The number of nitriles is 1. The Kier molecular flexibility index (Phi) is 6.75. The van der Waals surface area contributed by atoms with Gasteiger partial charge in [-0.3, -0.25) is 9.69 Å². The lowest BCUT2D eigenvalue weighted by Gasteiger charge is -2.36. The molecular weight excluding hydrogens is 428 g/mol. The molecule has 0 unspecified atom stereocenters. The molecular formula is C23H32N4O4S. The van der Waals surface area contributed by atoms with Crippen molar-refractivity contribution in [2.75, 3.05) is 56.5 Å². The second kappa shape index (κ2) is 9.38. The number of esters is 1. The zero-order valence-electron chi connectivity index (χ0n) is 18.7. The van der Waals surface area contributed by atoms with Crippen LogP contribution in [0.15, 0.2) is 24.3 Å². The Morgan fingerprint density at radius 2 is 1.75 bits per heavy atom. The van der Waals surface area contributed by atoms with Crippen molar-refractivity contribution in [2.45, 2.75) is 38.7 Å². The average Bonchev–Trinajstić information content (AvgIpc) is 3.08. The summed E-state index contributed by atoms with van der Waals surface area (Å²) in [6, 6.07) is 10.4. The number of hydrogen-bond donors (Lipinski definition) is 0. The Bertz CT molecular complexity index is 957. The molecule has 32 heavy (non-hydrogen) atoms. The predicted molar refractivity (Wildman–Crippen MR) is 122 cm³/mol. The molecule has 0 N–H and O–H groups in total. The number of anilines is 1. The van der Waals surface area contributed by atoms with E-state index in [0.29, 0.717) is 19.3 Å². The summed E-state index contributed by atoms with van der Waals surface area (Å²) >= 11 is 0. The molecule has 0 aromatic heterocycles. The van der Waals surface area contributed by atoms with E-state index in [2.05, 4.69) is 41.0 Å². The van der Waals surface area contributed by atoms with Crippen molar-refractivity contribution in [3.8, 4) is 6.07 Å². The van der Waals surface area contributed by atoms with E-state index < -0.39 is 21.2 Å². The van der Waals surface area contributed by atoms with Crippen LogP contribution in [0.5, 0.6) is 0 Å². The summed E-state index contributed by atoms with van der Waals surface area (Å²) in [5.74, 6) is -0.687. The van der Waals surface area contributed by atoms with Gasteiger partial charge in [0.25, 0.3) is 0 Å². The molecule has 0 aliphatic carbocycles. The molecule has 1 aromatic rings. The van der Waals surface area contributed by atoms with Gasteiger partial charge in [-0.05, 0) is 38.3 Å². The van der Waals surface area contributed by atoms with Gasteiger partial charge in [0, 0.05) is 57.9 Å². The molecule has 3 aliphatic rings. The summed E-state index contributed by atoms with van der Waals surface area (Å²) in [6.45, 7) is 7.53. The number of cyclic esters (lactones) is 1. The maximum absolute atomic E-state index is 12.7. The van der Waals surface area contributed by atoms with Gasteiger partial charge in [-0.25, -0.2) is 12.7 Å². The number of hydrogen-bond acceptors (Lipinski definition) is 7. The van der Waals surface area contributed by atoms with Crippen LogP contribution in [0.4, 0.5) is 5.69 Å². The number of ether oxygens (including phenoxy) is 1. The Labute approximate surface area is 190 Å². The van der Waals surface area contributed by atoms with Crippen molar-refractivity contribution in [3.63, 3.8) is 0 Å². The molecule has 3 aliphatic heterocycles. The van der Waals surface area contributed by atoms with Crippen LogP contribution in [0.25, 0.3) is 0 Å². The summed E-state index contributed by atoms with van der Waals surface area (Å²) in [6.07, 6.45) is 2.33. The Morgan fingerprint density at radius 1 is 1.09 bits per heavy atom. The van der Waals surface area contributed by atoms with Crippen molar-refractivity contribution in [3.05, 3.63) is 29.8 Å². The summed E-state index contributed by atoms with van der Waals surface area (Å²) in [5, 5.41) is 8.73. The zero-order chi connectivity index (χ0) is 22.8. The highest BCUT2D eigenvalue weighted by molar-refractivity contribution is 7.89. The standard InChI is InChI=1S/C23H32N4O4S/c1-19-2-4-20(5-3-19)26-15-13-25(14-16-26)10-6-21-18-23(22(28)31-21)7-11-27(12-8-23)32(29,30)17-9-24/h2-5,21H,6-8,10-18H2,1H3/t21-/m1/s1. The van der Waals surface area contributed by atoms with Gasteiger partial charge in [0.05, 0.1) is 11.5 Å². The molecule has 0 saturated carbocycles. The predicted octanol–water partition coefficient (Wildman–Crippen LogP) is 1.76. The first kappa shape index (κ1) is 23.0. The van der Waals surface area contributed by atoms with Gasteiger partial charge in [-0.15, -0.1) is 0 Å². The van der Waals surface area contributed by atoms with Crippen LogP contribution in [-0.4, -0.2) is 81.3 Å². The van der Waals surface area contributed by atoms with E-state index in [1.807, 2.05) is 0 Å². The summed E-state index contributed by atoms with van der Waals surface area (Å²) < 4.78 is 31.3. The van der Waals surface area contributed by atoms with Crippen LogP contribution in [-0.2, 0) is 19.6 Å². The van der Waals surface area contributed by atoms with E-state index in [9.17, 15) is 13.2 Å². The van der Waals surface area contributed by atoms with Crippen molar-refractivity contribution >= 4 is 21.7 Å². The summed E-state index contributed by atoms with van der Waals surface area (Å²) in [5.41, 5.74) is 1.98. The quantitative estimate of drug-likeness (QED) is 0.597. The fraction of sp³-hybridized carbons (Fsp3) is 0.652. The molecule has 1 atom stereocenters. The summed E-state index contributed by atoms with van der Waals surface area (Å²) in [4.78, 5) is 17.5. The van der Waals surface area contributed by atoms with Crippen molar-refractivity contribution < 1.29 is 17.9 Å². The molecule has 0 bridgehead atoms. The Hall–Kier alpha value is -2.15. The third kappa shape index (κ3) is 4.92. The molecule has 1 spiro atoms. The van der Waals surface area contributed by atoms with Crippen molar-refractivity contribution in [1.29, 1.82) is 5.26 Å². The fourth-order valence-corrected chi connectivity index (χ4v) is 6.17. The molecule has 0 radical (unpaired) electrons. The molecule has 174 valence electrons. The number of nitrogens with zero attached hydrogens (tertiary/aromatic N) is 4. The average molecular weight is 461 g/mol. The molecule has 3 saturated heterocycles. The minimum atomic E-state index is -3.55. The lowest BCUT2D eigenvalue weighted by atomic mass is 9.76.